The van der Waals surface area contributed by atoms with Crippen LogP contribution < -0.4 is 21.1 Å². The Kier molecular flexibility index (Phi) is 9.55. The molecule has 3 atom stereocenters. The van der Waals surface area contributed by atoms with Crippen molar-refractivity contribution in [1.82, 2.24) is 0 Å². The number of hydrogen-bond acceptors (Lipinski definition) is 10. The minimum Gasteiger partial charge on any atom is -0.481 e. The molecule has 0 amide bonds. The summed E-state index contributed by atoms with van der Waals surface area (Å²) < 4.78 is 31.6. The molecule has 218 valence electrons. The molecule has 12 heteroatoms. The summed E-state index contributed by atoms with van der Waals surface area (Å²) >= 11 is 0. The molecule has 3 unspecified atom stereocenters. The zero-order valence-corrected chi connectivity index (χ0v) is 23.8. The van der Waals surface area contributed by atoms with E-state index in [0.717, 1.165) is 51.4 Å². The maximum atomic E-state index is 14.2. The number of nitrogens with one attached hydrogen (secondary N) is 1. The van der Waals surface area contributed by atoms with Gasteiger partial charge in [0.05, 0.1) is 23.6 Å². The Bertz CT molecular complexity index is 1150. The number of aliphatic carboxylic acids is 1. The fourth-order valence-electron chi connectivity index (χ4n) is 6.20. The molecule has 4 rings (SSSR count). The van der Waals surface area contributed by atoms with Gasteiger partial charge in [-0.15, -0.1) is 0 Å². The van der Waals surface area contributed by atoms with Gasteiger partial charge >= 0.3 is 19.5 Å². The summed E-state index contributed by atoms with van der Waals surface area (Å²) in [7, 11) is -4.04. The summed E-state index contributed by atoms with van der Waals surface area (Å²) in [4.78, 5) is 51.1. The van der Waals surface area contributed by atoms with Crippen LogP contribution in [0, 0.1) is 11.3 Å². The van der Waals surface area contributed by atoms with Crippen molar-refractivity contribution in [3.63, 3.8) is 0 Å². The number of anilines is 2. The lowest BCUT2D eigenvalue weighted by atomic mass is 9.71. The SMILES string of the molecule is CC(OC(=O)C1CCCCC1)OP(=O)(CCN1CCCNc2c1c(=O)c2=O)OC(C)C1(C(=O)O)CCCCC1. The molecule has 0 aromatic heterocycles. The molecular formula is C27H41N2O9P. The van der Waals surface area contributed by atoms with E-state index in [9.17, 15) is 28.8 Å². The molecule has 11 nitrogen and oxygen atoms in total. The highest BCUT2D eigenvalue weighted by Gasteiger charge is 2.48. The van der Waals surface area contributed by atoms with Crippen LogP contribution >= 0.6 is 7.60 Å². The summed E-state index contributed by atoms with van der Waals surface area (Å²) in [6, 6.07) is 0. The van der Waals surface area contributed by atoms with Crippen LogP contribution in [0.5, 0.6) is 0 Å². The minimum atomic E-state index is -4.04. The van der Waals surface area contributed by atoms with Crippen LogP contribution in [-0.2, 0) is 27.9 Å². The highest BCUT2D eigenvalue weighted by atomic mass is 31.2. The molecular weight excluding hydrogens is 527 g/mol. The molecule has 2 aliphatic carbocycles. The van der Waals surface area contributed by atoms with Gasteiger partial charge in [0.2, 0.25) is 6.29 Å². The zero-order valence-electron chi connectivity index (χ0n) is 22.9. The van der Waals surface area contributed by atoms with Crippen molar-refractivity contribution in [3.8, 4) is 0 Å². The molecule has 39 heavy (non-hydrogen) atoms. The number of esters is 1. The molecule has 0 saturated heterocycles. The van der Waals surface area contributed by atoms with E-state index in [4.69, 9.17) is 13.8 Å². The number of carboxylic acids is 1. The Hall–Kier alpha value is -2.23. The molecule has 1 aliphatic heterocycles. The highest BCUT2D eigenvalue weighted by Crippen LogP contribution is 2.54. The number of carbonyl (C=O) groups excluding carboxylic acids is 1. The summed E-state index contributed by atoms with van der Waals surface area (Å²) in [6.45, 7) is 4.18. The molecule has 2 fully saturated rings. The van der Waals surface area contributed by atoms with E-state index < -0.39 is 48.2 Å². The Morgan fingerprint density at radius 3 is 2.36 bits per heavy atom. The predicted molar refractivity (Wildman–Crippen MR) is 146 cm³/mol. The first-order chi connectivity index (χ1) is 18.6. The third kappa shape index (κ3) is 6.57. The predicted octanol–water partition coefficient (Wildman–Crippen LogP) is 4.02. The van der Waals surface area contributed by atoms with E-state index in [0.29, 0.717) is 32.4 Å². The molecule has 3 aliphatic rings. The largest absolute Gasteiger partial charge is 0.481 e. The van der Waals surface area contributed by atoms with Gasteiger partial charge in [-0.25, -0.2) is 0 Å². The van der Waals surface area contributed by atoms with E-state index in [1.165, 1.54) is 6.92 Å². The van der Waals surface area contributed by atoms with E-state index in [2.05, 4.69) is 5.32 Å². The van der Waals surface area contributed by atoms with Crippen molar-refractivity contribution in [2.24, 2.45) is 11.3 Å². The Morgan fingerprint density at radius 2 is 1.69 bits per heavy atom. The van der Waals surface area contributed by atoms with Crippen LogP contribution in [0.3, 0.4) is 0 Å². The number of carboxylic acid groups (broad SMARTS) is 1. The number of ether oxygens (including phenoxy) is 1. The Balaban J connectivity index is 1.51. The van der Waals surface area contributed by atoms with Crippen molar-refractivity contribution in [3.05, 3.63) is 20.4 Å². The van der Waals surface area contributed by atoms with Gasteiger partial charge in [-0.2, -0.15) is 0 Å². The summed E-state index contributed by atoms with van der Waals surface area (Å²) in [5.41, 5.74) is -1.82. The number of carbonyl (C=O) groups is 2. The van der Waals surface area contributed by atoms with Crippen LogP contribution in [0.1, 0.15) is 84.5 Å². The normalized spacial score (nSPS) is 23.1. The van der Waals surface area contributed by atoms with Gasteiger partial charge in [-0.05, 0) is 46.0 Å². The Morgan fingerprint density at radius 1 is 1.03 bits per heavy atom. The Labute approximate surface area is 228 Å². The lowest BCUT2D eigenvalue weighted by molar-refractivity contribution is -0.169. The number of hydrogen-bond donors (Lipinski definition) is 2. The number of fused-ring (bicyclic) bond motifs is 1. The maximum absolute atomic E-state index is 14.2. The van der Waals surface area contributed by atoms with Crippen LogP contribution in [0.4, 0.5) is 11.4 Å². The van der Waals surface area contributed by atoms with E-state index in [1.54, 1.807) is 11.8 Å². The van der Waals surface area contributed by atoms with Crippen LogP contribution in [0.2, 0.25) is 0 Å². The van der Waals surface area contributed by atoms with Crippen molar-refractivity contribution in [1.29, 1.82) is 0 Å². The molecule has 2 saturated carbocycles. The van der Waals surface area contributed by atoms with Crippen molar-refractivity contribution < 1.29 is 33.0 Å². The van der Waals surface area contributed by atoms with E-state index >= 15 is 0 Å². The average Bonchev–Trinajstić information content (AvgIpc) is 3.12. The van der Waals surface area contributed by atoms with E-state index in [1.807, 2.05) is 0 Å². The fourth-order valence-corrected chi connectivity index (χ4v) is 8.13. The van der Waals surface area contributed by atoms with Crippen molar-refractivity contribution >= 4 is 30.9 Å². The number of nitrogens with zero attached hydrogens (tertiary/aromatic N) is 1. The molecule has 1 aromatic carbocycles. The standard InChI is InChI=1S/C27H41N2O9P/c1-18(27(26(33)34)12-7-4-8-13-27)37-39(35,38-19(2)36-25(32)20-10-5-3-6-11-20)17-16-29-15-9-14-28-21-22(29)24(31)23(21)30/h18-20,28H,3-17H2,1-2H3,(H,33,34). The fraction of sp³-hybridized carbons (Fsp3) is 0.778. The smallest absolute Gasteiger partial charge is 0.335 e. The van der Waals surface area contributed by atoms with Crippen LogP contribution in [0.15, 0.2) is 9.59 Å². The lowest BCUT2D eigenvalue weighted by Crippen LogP contribution is -2.44. The van der Waals surface area contributed by atoms with Crippen molar-refractivity contribution in [2.45, 2.75) is 96.9 Å². The maximum Gasteiger partial charge on any atom is 0.335 e. The van der Waals surface area contributed by atoms with Gasteiger partial charge < -0.3 is 24.6 Å². The summed E-state index contributed by atoms with van der Waals surface area (Å²) in [6.07, 6.45) is 6.07. The van der Waals surface area contributed by atoms with Crippen LogP contribution in [-0.4, -0.2) is 55.2 Å². The average molecular weight is 569 g/mol. The first-order valence-electron chi connectivity index (χ1n) is 14.3. The van der Waals surface area contributed by atoms with Gasteiger partial charge in [0.15, 0.2) is 0 Å². The second kappa shape index (κ2) is 12.5. The number of rotatable bonds is 11. The lowest BCUT2D eigenvalue weighted by Gasteiger charge is -2.39. The van der Waals surface area contributed by atoms with Crippen molar-refractivity contribution in [2.75, 3.05) is 36.0 Å². The van der Waals surface area contributed by atoms with E-state index in [-0.39, 0.29) is 30.0 Å². The summed E-state index contributed by atoms with van der Waals surface area (Å²) in [5.74, 6) is -1.62. The topological polar surface area (TPSA) is 149 Å². The highest BCUT2D eigenvalue weighted by molar-refractivity contribution is 7.53. The molecule has 0 spiro atoms. The molecule has 2 N–H and O–H groups in total. The second-order valence-corrected chi connectivity index (χ2v) is 13.3. The third-order valence-corrected chi connectivity index (χ3v) is 10.6. The van der Waals surface area contributed by atoms with Crippen LogP contribution in [0.25, 0.3) is 0 Å². The molecule has 1 aromatic rings. The first-order valence-corrected chi connectivity index (χ1v) is 16.0. The van der Waals surface area contributed by atoms with Gasteiger partial charge in [0.25, 0.3) is 10.9 Å². The monoisotopic (exact) mass is 568 g/mol. The molecule has 1 heterocycles. The second-order valence-electron chi connectivity index (χ2n) is 11.2. The van der Waals surface area contributed by atoms with Gasteiger partial charge in [0.1, 0.15) is 11.4 Å². The third-order valence-electron chi connectivity index (χ3n) is 8.55. The molecule has 0 radical (unpaired) electrons. The van der Waals surface area contributed by atoms with Gasteiger partial charge in [-0.3, -0.25) is 28.3 Å². The van der Waals surface area contributed by atoms with Gasteiger partial charge in [-0.1, -0.05) is 38.5 Å². The minimum absolute atomic E-state index is 0.0902. The quantitative estimate of drug-likeness (QED) is 0.172. The summed E-state index contributed by atoms with van der Waals surface area (Å²) in [5, 5.41) is 13.1. The molecule has 0 bridgehead atoms. The zero-order chi connectivity index (χ0) is 28.2. The first kappa shape index (κ1) is 29.7. The van der Waals surface area contributed by atoms with Gasteiger partial charge in [0, 0.05) is 19.6 Å².